The van der Waals surface area contributed by atoms with E-state index in [1.54, 1.807) is 36.4 Å². The average molecular weight is 2050 g/mol. The van der Waals surface area contributed by atoms with Crippen molar-refractivity contribution in [2.45, 2.75) is 143 Å². The standard InChI is InChI=1S/C27H23F7NO2.C20H18F7NO3.2C20H16F7NO2.C4H8O.HI/c28-22-8-6-18(7-9-22)24-25-36-11-10-35(24,15-17-4-2-1-3-5-17)16-23(37-25)19-12-20(26(29,30)31)14-21(13-19)27(32,33)34;21-15-3-1-11(2-4-15)17-18(30)31-6-5-28(17)10-16(29)12-7-13(19(22,23)24)9-14(8-12)20(25,26)27;2*21-15-3-1-11(2-4-15)17-18-29-6-5-28(17)10-16(30-18)12-7-13(19(22,23)24)9-14(8-12)20(25,26)27;1-2-4-5-3-1;/h1-9,12-14,23-25H,10-11,15-16H2;1-4,7-9,16-18,29-30H,5-6,10H2;2*1-4,7-9,16-18H,5-6,10H2;1-4H2;1H/q+1;;;;;/p-1/t23?,24-,25+,35?;16-,17+,18-;2*16?,17-,18+;;/m0100../s1. The lowest BCUT2D eigenvalue weighted by Gasteiger charge is -2.55. The van der Waals surface area contributed by atoms with Crippen LogP contribution >= 0.6 is 0 Å². The van der Waals surface area contributed by atoms with Gasteiger partial charge in [0.2, 0.25) is 6.29 Å². The van der Waals surface area contributed by atoms with E-state index in [1.807, 2.05) is 40.1 Å². The van der Waals surface area contributed by atoms with Gasteiger partial charge in [0.15, 0.2) is 24.9 Å². The molecule has 8 aliphatic rings. The summed E-state index contributed by atoms with van der Waals surface area (Å²) in [7, 11) is 0. The normalized spacial score (nSPS) is 25.3. The summed E-state index contributed by atoms with van der Waals surface area (Å²) in [6, 6.07) is 34.5. The number of aliphatic hydroxyl groups is 2. The first kappa shape index (κ1) is 104. The molecule has 0 spiro atoms. The maximum Gasteiger partial charge on any atom is 0.416 e. The Morgan fingerprint density at radius 1 is 0.343 bits per heavy atom. The second-order valence-electron chi connectivity index (χ2n) is 32.3. The van der Waals surface area contributed by atoms with Crippen LogP contribution in [0.15, 0.2) is 200 Å². The molecule has 6 bridgehead atoms. The van der Waals surface area contributed by atoms with E-state index < -0.39 is 196 Å². The number of alkyl halides is 24. The fourth-order valence-corrected chi connectivity index (χ4v) is 16.9. The summed E-state index contributed by atoms with van der Waals surface area (Å²) in [5.41, 5.74) is -9.24. The van der Waals surface area contributed by atoms with Crippen molar-refractivity contribution in [3.63, 3.8) is 0 Å². The summed E-state index contributed by atoms with van der Waals surface area (Å²) >= 11 is 0. The van der Waals surface area contributed by atoms with Crippen LogP contribution in [0.4, 0.5) is 123 Å². The number of β-amino-alcohol motifs (C(OH)–C–C–N with tert-alkyl or cyclic N) is 1. The van der Waals surface area contributed by atoms with Gasteiger partial charge < -0.3 is 76.6 Å². The zero-order chi connectivity index (χ0) is 96.3. The van der Waals surface area contributed by atoms with Gasteiger partial charge in [-0.15, -0.1) is 0 Å². The molecular formula is C91H81F28IN4O10. The van der Waals surface area contributed by atoms with Gasteiger partial charge in [-0.3, -0.25) is 14.7 Å². The summed E-state index contributed by atoms with van der Waals surface area (Å²) < 4.78 is 416. The molecule has 8 saturated heterocycles. The number of fused-ring (bicyclic) bond motifs is 6. The molecule has 0 radical (unpaired) electrons. The van der Waals surface area contributed by atoms with Crippen molar-refractivity contribution in [2.24, 2.45) is 0 Å². The van der Waals surface area contributed by atoms with Crippen molar-refractivity contribution in [3.05, 3.63) is 318 Å². The number of rotatable bonds is 12. The van der Waals surface area contributed by atoms with Crippen LogP contribution in [0.5, 0.6) is 0 Å². The minimum Gasteiger partial charge on any atom is -1.00 e. The van der Waals surface area contributed by atoms with Crippen LogP contribution in [0, 0.1) is 23.3 Å². The largest absolute Gasteiger partial charge is 1.00 e. The number of morpholine rings is 7. The molecule has 9 aromatic rings. The molecule has 9 aromatic carbocycles. The van der Waals surface area contributed by atoms with Crippen molar-refractivity contribution < 1.29 is 199 Å². The van der Waals surface area contributed by atoms with Crippen LogP contribution < -0.4 is 24.0 Å². The summed E-state index contributed by atoms with van der Waals surface area (Å²) in [5, 5.41) is 20.7. The third-order valence-electron chi connectivity index (χ3n) is 23.2. The topological polar surface area (TPSA) is 124 Å². The second-order valence-corrected chi connectivity index (χ2v) is 32.3. The fourth-order valence-electron chi connectivity index (χ4n) is 16.9. The minimum atomic E-state index is -5.04. The number of quaternary nitrogens is 1. The molecule has 0 aromatic heterocycles. The number of hydrogen-bond donors (Lipinski definition) is 2. The van der Waals surface area contributed by atoms with Gasteiger partial charge >= 0.3 is 49.4 Å². The Balaban J connectivity index is 0.000000158. The Morgan fingerprint density at radius 3 is 1.01 bits per heavy atom. The van der Waals surface area contributed by atoms with Gasteiger partial charge in [0.25, 0.3) is 0 Å². The van der Waals surface area contributed by atoms with E-state index >= 15 is 0 Å². The number of benzene rings is 9. The van der Waals surface area contributed by atoms with E-state index in [4.69, 9.17) is 37.9 Å². The molecule has 43 heteroatoms. The molecule has 2 N–H and O–H groups in total. The van der Waals surface area contributed by atoms with Crippen molar-refractivity contribution in [3.8, 4) is 0 Å². The third-order valence-corrected chi connectivity index (χ3v) is 23.2. The van der Waals surface area contributed by atoms with Crippen molar-refractivity contribution in [1.82, 2.24) is 14.7 Å². The van der Waals surface area contributed by atoms with E-state index in [0.29, 0.717) is 110 Å². The number of hydrogen-bond acceptors (Lipinski definition) is 13. The maximum absolute atomic E-state index is 13.7. The minimum absolute atomic E-state index is 0. The lowest BCUT2D eigenvalue weighted by atomic mass is 9.92. The van der Waals surface area contributed by atoms with Gasteiger partial charge in [-0.25, -0.2) is 17.6 Å². The molecule has 728 valence electrons. The predicted molar refractivity (Wildman–Crippen MR) is 415 cm³/mol. The Morgan fingerprint density at radius 2 is 0.664 bits per heavy atom. The third kappa shape index (κ3) is 26.2. The van der Waals surface area contributed by atoms with Gasteiger partial charge in [0.1, 0.15) is 49.0 Å². The zero-order valence-corrected chi connectivity index (χ0v) is 71.6. The molecule has 15 atom stereocenters. The Bertz CT molecular complexity index is 5050. The highest BCUT2D eigenvalue weighted by Crippen LogP contribution is 2.52. The molecule has 0 amide bonds. The number of ether oxygens (including phenoxy) is 8. The summed E-state index contributed by atoms with van der Waals surface area (Å²) in [5.74, 6) is -1.83. The van der Waals surface area contributed by atoms with E-state index in [1.165, 1.54) is 66.3 Å². The van der Waals surface area contributed by atoms with Gasteiger partial charge in [0, 0.05) is 63.6 Å². The predicted octanol–water partition coefficient (Wildman–Crippen LogP) is 19.8. The van der Waals surface area contributed by atoms with E-state index in [0.717, 1.165) is 30.9 Å². The molecule has 0 saturated carbocycles. The van der Waals surface area contributed by atoms with Crippen LogP contribution in [0.1, 0.15) is 156 Å². The Kier molecular flexibility index (Phi) is 32.8. The maximum atomic E-state index is 13.7. The van der Waals surface area contributed by atoms with E-state index in [9.17, 15) is 133 Å². The summed E-state index contributed by atoms with van der Waals surface area (Å²) in [6.45, 7) is 4.58. The molecule has 134 heavy (non-hydrogen) atoms. The lowest BCUT2D eigenvalue weighted by molar-refractivity contribution is -0.997. The van der Waals surface area contributed by atoms with Crippen LogP contribution in [0.3, 0.4) is 0 Å². The quantitative estimate of drug-likeness (QED) is 0.0686. The molecule has 8 aliphatic heterocycles. The first-order chi connectivity index (χ1) is 62.3. The molecule has 17 rings (SSSR count). The Hall–Kier alpha value is -8.81. The average Bonchev–Trinajstić information content (AvgIpc) is 0.816. The van der Waals surface area contributed by atoms with E-state index in [2.05, 4.69) is 0 Å². The SMILES string of the molecule is C1CCOC1.Fc1ccc([C@H]2[C@@H]3OCCN2CC(c2cc(C(F)(F)F)cc(C(F)(F)F)c2)O3)cc1.Fc1ccc([C@H]2[C@@H]3OCCN2CC(c2cc(C(F)(F)F)cc(C(F)(F)F)c2)O3)cc1.Fc1ccc([C@H]2[C@@H]3OCC[N+]2(Cc2ccccc2)CC(c2cc(C(F)(F)F)cc(C(F)(F)F)c2)O3)cc1.O[C@H](CN1CCO[C@@H](O)[C@@H]1c1ccc(F)cc1)c1cc(C(F)(F)F)cc(C(F)(F)F)c1.[I-]. The first-order valence-corrected chi connectivity index (χ1v) is 41.0. The zero-order valence-electron chi connectivity index (χ0n) is 69.4. The van der Waals surface area contributed by atoms with Crippen molar-refractivity contribution in [1.29, 1.82) is 0 Å². The summed E-state index contributed by atoms with van der Waals surface area (Å²) in [6.07, 6.45) is -46.3. The number of halogens is 29. The van der Waals surface area contributed by atoms with E-state index in [-0.39, 0.29) is 115 Å². The molecule has 14 nitrogen and oxygen atoms in total. The van der Waals surface area contributed by atoms with Crippen molar-refractivity contribution in [2.75, 3.05) is 92.0 Å². The fraction of sp³-hybridized carbons (Fsp3) is 0.407. The van der Waals surface area contributed by atoms with Gasteiger partial charge in [-0.1, -0.05) is 66.7 Å². The monoisotopic (exact) mass is 2050 g/mol. The van der Waals surface area contributed by atoms with Gasteiger partial charge in [0.05, 0.1) is 107 Å². The first-order valence-electron chi connectivity index (χ1n) is 41.0. The van der Waals surface area contributed by atoms with Crippen LogP contribution in [-0.4, -0.2) is 147 Å². The number of aliphatic hydroxyl groups excluding tert-OH is 2. The molecule has 8 heterocycles. The molecule has 6 unspecified atom stereocenters. The highest BCUT2D eigenvalue weighted by atomic mass is 127. The molecular weight excluding hydrogens is 1970 g/mol. The number of nitrogens with zero attached hydrogens (tertiary/aromatic N) is 4. The Labute approximate surface area is 763 Å². The highest BCUT2D eigenvalue weighted by molar-refractivity contribution is 5.40. The molecule has 0 aliphatic carbocycles. The molecule has 8 fully saturated rings. The van der Waals surface area contributed by atoms with Crippen LogP contribution in [-0.2, 0) is 93.9 Å². The smallest absolute Gasteiger partial charge is 0.416 e. The van der Waals surface area contributed by atoms with Crippen LogP contribution in [0.2, 0.25) is 0 Å². The van der Waals surface area contributed by atoms with Crippen LogP contribution in [0.25, 0.3) is 0 Å². The highest BCUT2D eigenvalue weighted by Gasteiger charge is 2.56. The second kappa shape index (κ2) is 42.3. The summed E-state index contributed by atoms with van der Waals surface area (Å²) in [4.78, 5) is 5.19. The van der Waals surface area contributed by atoms with Gasteiger partial charge in [-0.2, -0.15) is 105 Å². The van der Waals surface area contributed by atoms with Crippen molar-refractivity contribution >= 4 is 0 Å². The van der Waals surface area contributed by atoms with Gasteiger partial charge in [-0.05, 0) is 185 Å². The lowest BCUT2D eigenvalue weighted by Crippen LogP contribution is -3.00.